The molecular weight excluding hydrogens is 334 g/mol. The second kappa shape index (κ2) is 6.46. The van der Waals surface area contributed by atoms with Gasteiger partial charge in [0.15, 0.2) is 11.2 Å². The van der Waals surface area contributed by atoms with Crippen LogP contribution in [0.5, 0.6) is 11.5 Å². The summed E-state index contributed by atoms with van der Waals surface area (Å²) in [6.07, 6.45) is 1.74. The van der Waals surface area contributed by atoms with Crippen LogP contribution < -0.4 is 10.2 Å². The van der Waals surface area contributed by atoms with Gasteiger partial charge in [0.2, 0.25) is 0 Å². The first kappa shape index (κ1) is 15.5. The van der Waals surface area contributed by atoms with E-state index in [1.165, 1.54) is 0 Å². The average Bonchev–Trinajstić information content (AvgIpc) is 2.65. The number of rotatable bonds is 3. The molecule has 0 unspecified atom stereocenters. The maximum atomic E-state index is 12.1. The number of aromatic nitrogens is 1. The van der Waals surface area contributed by atoms with Crippen molar-refractivity contribution >= 4 is 22.5 Å². The number of pyridine rings is 1. The molecule has 4 aromatic rings. The summed E-state index contributed by atoms with van der Waals surface area (Å²) < 4.78 is 7.96. The highest BCUT2D eigenvalue weighted by molar-refractivity contribution is 6.30. The summed E-state index contributed by atoms with van der Waals surface area (Å²) >= 11 is 6.22. The van der Waals surface area contributed by atoms with Gasteiger partial charge in [-0.15, -0.1) is 0 Å². The highest BCUT2D eigenvalue weighted by atomic mass is 35.5. The number of halogens is 1. The quantitative estimate of drug-likeness (QED) is 0.494. The Morgan fingerprint density at radius 2 is 1.60 bits per heavy atom. The second-order valence-electron chi connectivity index (χ2n) is 5.59. The Morgan fingerprint density at radius 1 is 0.840 bits per heavy atom. The van der Waals surface area contributed by atoms with Crippen molar-refractivity contribution in [2.45, 2.75) is 0 Å². The van der Waals surface area contributed by atoms with Crippen LogP contribution in [-0.2, 0) is 0 Å². The summed E-state index contributed by atoms with van der Waals surface area (Å²) in [6.45, 7) is 0. The summed E-state index contributed by atoms with van der Waals surface area (Å²) in [5.41, 5.74) is 1.56. The first-order valence-electron chi connectivity index (χ1n) is 7.85. The van der Waals surface area contributed by atoms with Crippen LogP contribution in [-0.4, -0.2) is 4.57 Å². The van der Waals surface area contributed by atoms with Crippen LogP contribution in [0, 0.1) is 0 Å². The number of hydrogen-bond acceptors (Lipinski definition) is 2. The largest absolute Gasteiger partial charge is 0.455 e. The van der Waals surface area contributed by atoms with Crippen molar-refractivity contribution in [2.24, 2.45) is 0 Å². The van der Waals surface area contributed by atoms with Gasteiger partial charge in [0, 0.05) is 22.7 Å². The van der Waals surface area contributed by atoms with Gasteiger partial charge >= 0.3 is 0 Å². The third-order valence-electron chi connectivity index (χ3n) is 3.96. The molecule has 0 fully saturated rings. The molecule has 0 saturated carbocycles. The van der Waals surface area contributed by atoms with E-state index < -0.39 is 0 Å². The number of hydrogen-bond donors (Lipinski definition) is 0. The Morgan fingerprint density at radius 3 is 2.44 bits per heavy atom. The molecule has 1 heterocycles. The van der Waals surface area contributed by atoms with Crippen LogP contribution in [0.1, 0.15) is 0 Å². The predicted octanol–water partition coefficient (Wildman–Crippen LogP) is 5.44. The van der Waals surface area contributed by atoms with Gasteiger partial charge in [-0.2, -0.15) is 0 Å². The Bertz CT molecular complexity index is 1100. The maximum absolute atomic E-state index is 12.1. The molecule has 0 aliphatic heterocycles. The average molecular weight is 348 g/mol. The molecule has 0 saturated heterocycles. The number of nitrogens with zero attached hydrogens (tertiary/aromatic N) is 1. The number of fused-ring (bicyclic) bond motifs is 1. The summed E-state index contributed by atoms with van der Waals surface area (Å²) in [5, 5.41) is 1.24. The van der Waals surface area contributed by atoms with Gasteiger partial charge in [-0.25, -0.2) is 0 Å². The van der Waals surface area contributed by atoms with Crippen LogP contribution >= 0.6 is 11.6 Å². The summed E-state index contributed by atoms with van der Waals surface area (Å²) in [7, 11) is 0. The normalized spacial score (nSPS) is 10.8. The van der Waals surface area contributed by atoms with Gasteiger partial charge < -0.3 is 9.30 Å². The van der Waals surface area contributed by atoms with Crippen LogP contribution in [0.3, 0.4) is 0 Å². The molecule has 0 spiro atoms. The van der Waals surface area contributed by atoms with E-state index >= 15 is 0 Å². The van der Waals surface area contributed by atoms with E-state index in [2.05, 4.69) is 0 Å². The Labute approximate surface area is 149 Å². The minimum Gasteiger partial charge on any atom is -0.455 e. The fraction of sp³-hybridized carbons (Fsp3) is 0. The third kappa shape index (κ3) is 3.02. The third-order valence-corrected chi connectivity index (χ3v) is 4.19. The smallest absolute Gasteiger partial charge is 0.189 e. The Balaban J connectivity index is 1.93. The molecule has 0 amide bonds. The van der Waals surface area contributed by atoms with Crippen molar-refractivity contribution in [1.29, 1.82) is 0 Å². The van der Waals surface area contributed by atoms with Gasteiger partial charge in [-0.05, 0) is 42.5 Å². The summed E-state index contributed by atoms with van der Waals surface area (Å²) in [6, 6.07) is 24.0. The standard InChI is InChI=1S/C21H14ClNO2/c22-15-10-11-21(25-16-6-2-1-3-7-16)19(14-15)23-13-12-20(24)17-8-4-5-9-18(17)23/h1-14H. The molecule has 0 aliphatic carbocycles. The van der Waals surface area contributed by atoms with Gasteiger partial charge in [0.1, 0.15) is 5.75 Å². The summed E-state index contributed by atoms with van der Waals surface area (Å²) in [5.74, 6) is 1.39. The van der Waals surface area contributed by atoms with Crippen LogP contribution in [0.2, 0.25) is 5.02 Å². The molecule has 3 aromatic carbocycles. The minimum atomic E-state index is -0.0144. The molecule has 1 aromatic heterocycles. The first-order chi connectivity index (χ1) is 12.2. The fourth-order valence-electron chi connectivity index (χ4n) is 2.80. The lowest BCUT2D eigenvalue weighted by Gasteiger charge is -2.16. The number of ether oxygens (including phenoxy) is 1. The van der Waals surface area contributed by atoms with Gasteiger partial charge in [-0.1, -0.05) is 41.9 Å². The van der Waals surface area contributed by atoms with Gasteiger partial charge in [0.25, 0.3) is 0 Å². The Kier molecular flexibility index (Phi) is 4.00. The lowest BCUT2D eigenvalue weighted by Crippen LogP contribution is -2.07. The van der Waals surface area contributed by atoms with Crippen molar-refractivity contribution in [1.82, 2.24) is 4.57 Å². The van der Waals surface area contributed by atoms with Crippen LogP contribution in [0.15, 0.2) is 89.9 Å². The molecule has 4 heteroatoms. The molecule has 0 atom stereocenters. The van der Waals surface area contributed by atoms with E-state index in [0.29, 0.717) is 16.2 Å². The lowest BCUT2D eigenvalue weighted by molar-refractivity contribution is 0.480. The highest BCUT2D eigenvalue weighted by Gasteiger charge is 2.11. The van der Waals surface area contributed by atoms with Crippen molar-refractivity contribution in [3.05, 3.63) is 100 Å². The highest BCUT2D eigenvalue weighted by Crippen LogP contribution is 2.32. The van der Waals surface area contributed by atoms with Crippen LogP contribution in [0.25, 0.3) is 16.6 Å². The Hall–Kier alpha value is -3.04. The topological polar surface area (TPSA) is 31.2 Å². The van der Waals surface area contributed by atoms with E-state index in [1.54, 1.807) is 18.3 Å². The lowest BCUT2D eigenvalue weighted by atomic mass is 10.2. The molecule has 0 aliphatic rings. The van der Waals surface area contributed by atoms with Crippen molar-refractivity contribution in [2.75, 3.05) is 0 Å². The predicted molar refractivity (Wildman–Crippen MR) is 101 cm³/mol. The summed E-state index contributed by atoms with van der Waals surface area (Å²) in [4.78, 5) is 12.1. The number of para-hydroxylation sites is 2. The number of benzene rings is 3. The molecule has 3 nitrogen and oxygen atoms in total. The molecule has 0 radical (unpaired) electrons. The molecule has 0 N–H and O–H groups in total. The van der Waals surface area contributed by atoms with E-state index in [0.717, 1.165) is 17.0 Å². The van der Waals surface area contributed by atoms with Crippen molar-refractivity contribution in [3.8, 4) is 17.2 Å². The zero-order chi connectivity index (χ0) is 17.2. The SMILES string of the molecule is O=c1ccn(-c2cc(Cl)ccc2Oc2ccccc2)c2ccccc12. The zero-order valence-electron chi connectivity index (χ0n) is 13.2. The maximum Gasteiger partial charge on any atom is 0.189 e. The molecule has 0 bridgehead atoms. The van der Waals surface area contributed by atoms with E-state index in [1.807, 2.05) is 71.3 Å². The molecule has 4 rings (SSSR count). The van der Waals surface area contributed by atoms with Crippen LogP contribution in [0.4, 0.5) is 0 Å². The molecular formula is C21H14ClNO2. The molecule has 122 valence electrons. The fourth-order valence-corrected chi connectivity index (χ4v) is 2.96. The second-order valence-corrected chi connectivity index (χ2v) is 6.03. The van der Waals surface area contributed by atoms with Gasteiger partial charge in [0.05, 0.1) is 11.2 Å². The van der Waals surface area contributed by atoms with E-state index in [-0.39, 0.29) is 5.43 Å². The first-order valence-corrected chi connectivity index (χ1v) is 8.23. The zero-order valence-corrected chi connectivity index (χ0v) is 14.0. The van der Waals surface area contributed by atoms with Crippen molar-refractivity contribution in [3.63, 3.8) is 0 Å². The van der Waals surface area contributed by atoms with E-state index in [9.17, 15) is 4.79 Å². The minimum absolute atomic E-state index is 0.0144. The van der Waals surface area contributed by atoms with E-state index in [4.69, 9.17) is 16.3 Å². The van der Waals surface area contributed by atoms with Crippen molar-refractivity contribution < 1.29 is 4.74 Å². The van der Waals surface area contributed by atoms with Gasteiger partial charge in [-0.3, -0.25) is 4.79 Å². The monoisotopic (exact) mass is 347 g/mol. The molecule has 25 heavy (non-hydrogen) atoms.